The summed E-state index contributed by atoms with van der Waals surface area (Å²) in [5.74, 6) is -0.0543. The Morgan fingerprint density at radius 1 is 1.22 bits per heavy atom. The number of nitrogens with one attached hydrogen (secondary N) is 1. The van der Waals surface area contributed by atoms with Gasteiger partial charge in [-0.15, -0.1) is 0 Å². The molecule has 4 rings (SSSR count). The SMILES string of the molecule is O=C(c1cnc2ccc(Cl)cc2c1NCc1cccnc1)N1CCOCC1. The summed E-state index contributed by atoms with van der Waals surface area (Å²) in [6.07, 6.45) is 5.17. The maximum absolute atomic E-state index is 13.1. The number of hydrogen-bond donors (Lipinski definition) is 1. The van der Waals surface area contributed by atoms with E-state index >= 15 is 0 Å². The summed E-state index contributed by atoms with van der Waals surface area (Å²) >= 11 is 6.21. The van der Waals surface area contributed by atoms with Gasteiger partial charge in [0, 0.05) is 48.6 Å². The highest BCUT2D eigenvalue weighted by atomic mass is 35.5. The summed E-state index contributed by atoms with van der Waals surface area (Å²) in [6.45, 7) is 2.81. The van der Waals surface area contributed by atoms with Crippen LogP contribution in [0.2, 0.25) is 5.02 Å². The fraction of sp³-hybridized carbons (Fsp3) is 0.250. The molecule has 6 nitrogen and oxygen atoms in total. The lowest BCUT2D eigenvalue weighted by atomic mass is 10.1. The van der Waals surface area contributed by atoms with Crippen molar-refractivity contribution >= 4 is 34.1 Å². The highest BCUT2D eigenvalue weighted by molar-refractivity contribution is 6.31. The van der Waals surface area contributed by atoms with Crippen LogP contribution in [0.5, 0.6) is 0 Å². The number of benzene rings is 1. The standard InChI is InChI=1S/C20H19ClN4O2/c21-15-3-4-18-16(10-15)19(24-12-14-2-1-5-22-11-14)17(13-23-18)20(26)25-6-8-27-9-7-25/h1-5,10-11,13H,6-9,12H2,(H,23,24). The van der Waals surface area contributed by atoms with E-state index in [-0.39, 0.29) is 5.91 Å². The third-order valence-electron chi connectivity index (χ3n) is 4.55. The van der Waals surface area contributed by atoms with Gasteiger partial charge in [-0.2, -0.15) is 0 Å². The van der Waals surface area contributed by atoms with Crippen LogP contribution in [0.3, 0.4) is 0 Å². The van der Waals surface area contributed by atoms with Crippen molar-refractivity contribution in [1.82, 2.24) is 14.9 Å². The van der Waals surface area contributed by atoms with E-state index in [2.05, 4.69) is 15.3 Å². The number of halogens is 1. The Kier molecular flexibility index (Phi) is 5.18. The van der Waals surface area contributed by atoms with E-state index in [9.17, 15) is 4.79 Å². The molecule has 0 aliphatic carbocycles. The Morgan fingerprint density at radius 2 is 2.07 bits per heavy atom. The van der Waals surface area contributed by atoms with Crippen LogP contribution in [0, 0.1) is 0 Å². The van der Waals surface area contributed by atoms with E-state index in [1.54, 1.807) is 29.6 Å². The monoisotopic (exact) mass is 382 g/mol. The van der Waals surface area contributed by atoms with Gasteiger partial charge >= 0.3 is 0 Å². The normalized spacial score (nSPS) is 14.3. The van der Waals surface area contributed by atoms with Gasteiger partial charge in [-0.25, -0.2) is 0 Å². The Hall–Kier alpha value is -2.70. The van der Waals surface area contributed by atoms with Crippen molar-refractivity contribution in [2.45, 2.75) is 6.54 Å². The van der Waals surface area contributed by atoms with Crippen molar-refractivity contribution in [3.63, 3.8) is 0 Å². The van der Waals surface area contributed by atoms with Crippen LogP contribution < -0.4 is 5.32 Å². The van der Waals surface area contributed by atoms with E-state index < -0.39 is 0 Å². The first-order chi connectivity index (χ1) is 13.2. The minimum atomic E-state index is -0.0543. The summed E-state index contributed by atoms with van der Waals surface area (Å²) in [5, 5.41) is 4.83. The molecule has 7 heteroatoms. The molecule has 3 aromatic rings. The predicted molar refractivity (Wildman–Crippen MR) is 105 cm³/mol. The predicted octanol–water partition coefficient (Wildman–Crippen LogP) is 3.37. The second-order valence-corrected chi connectivity index (χ2v) is 6.76. The Bertz CT molecular complexity index is 959. The molecular weight excluding hydrogens is 364 g/mol. The van der Waals surface area contributed by atoms with Gasteiger partial charge in [-0.1, -0.05) is 17.7 Å². The van der Waals surface area contributed by atoms with Crippen LogP contribution in [-0.4, -0.2) is 47.1 Å². The van der Waals surface area contributed by atoms with E-state index in [0.29, 0.717) is 43.4 Å². The number of rotatable bonds is 4. The minimum Gasteiger partial charge on any atom is -0.380 e. The highest BCUT2D eigenvalue weighted by Gasteiger charge is 2.23. The van der Waals surface area contributed by atoms with E-state index in [1.807, 2.05) is 24.3 Å². The van der Waals surface area contributed by atoms with Gasteiger partial charge in [-0.3, -0.25) is 14.8 Å². The van der Waals surface area contributed by atoms with E-state index in [0.717, 1.165) is 22.2 Å². The summed E-state index contributed by atoms with van der Waals surface area (Å²) in [4.78, 5) is 23.5. The lowest BCUT2D eigenvalue weighted by Crippen LogP contribution is -2.41. The maximum Gasteiger partial charge on any atom is 0.257 e. The zero-order valence-corrected chi connectivity index (χ0v) is 15.4. The molecule has 1 aliphatic rings. The molecule has 3 heterocycles. The lowest BCUT2D eigenvalue weighted by Gasteiger charge is -2.28. The number of carbonyl (C=O) groups excluding carboxylic acids is 1. The molecule has 1 fully saturated rings. The number of nitrogens with zero attached hydrogens (tertiary/aromatic N) is 3. The fourth-order valence-electron chi connectivity index (χ4n) is 3.15. The highest BCUT2D eigenvalue weighted by Crippen LogP contribution is 2.30. The fourth-order valence-corrected chi connectivity index (χ4v) is 3.32. The second kappa shape index (κ2) is 7.90. The average Bonchev–Trinajstić information content (AvgIpc) is 2.72. The van der Waals surface area contributed by atoms with Crippen LogP contribution in [0.25, 0.3) is 10.9 Å². The molecule has 0 saturated carbocycles. The Balaban J connectivity index is 1.73. The van der Waals surface area contributed by atoms with Crippen LogP contribution in [0.4, 0.5) is 5.69 Å². The van der Waals surface area contributed by atoms with Gasteiger partial charge < -0.3 is 15.0 Å². The molecule has 2 aromatic heterocycles. The first kappa shape index (κ1) is 17.7. The molecule has 0 atom stereocenters. The molecule has 1 saturated heterocycles. The number of anilines is 1. The second-order valence-electron chi connectivity index (χ2n) is 6.33. The van der Waals surface area contributed by atoms with Crippen molar-refractivity contribution in [2.75, 3.05) is 31.6 Å². The number of carbonyl (C=O) groups is 1. The topological polar surface area (TPSA) is 67.4 Å². The van der Waals surface area contributed by atoms with Crippen LogP contribution in [0.15, 0.2) is 48.9 Å². The number of pyridine rings is 2. The molecular formula is C20H19ClN4O2. The van der Waals surface area contributed by atoms with Crippen molar-refractivity contribution < 1.29 is 9.53 Å². The summed E-state index contributed by atoms with van der Waals surface area (Å²) in [7, 11) is 0. The quantitative estimate of drug-likeness (QED) is 0.749. The minimum absolute atomic E-state index is 0.0543. The molecule has 0 unspecified atom stereocenters. The van der Waals surface area contributed by atoms with Crippen molar-refractivity contribution in [2.24, 2.45) is 0 Å². The Morgan fingerprint density at radius 3 is 2.85 bits per heavy atom. The summed E-state index contributed by atoms with van der Waals surface area (Å²) in [5.41, 5.74) is 3.08. The maximum atomic E-state index is 13.1. The van der Waals surface area contributed by atoms with Gasteiger partial charge in [0.05, 0.1) is 30.0 Å². The van der Waals surface area contributed by atoms with Crippen molar-refractivity contribution in [3.05, 3.63) is 65.1 Å². The molecule has 0 spiro atoms. The number of hydrogen-bond acceptors (Lipinski definition) is 5. The molecule has 1 N–H and O–H groups in total. The molecule has 27 heavy (non-hydrogen) atoms. The molecule has 138 valence electrons. The van der Waals surface area contributed by atoms with Gasteiger partial charge in [0.15, 0.2) is 0 Å². The zero-order chi connectivity index (χ0) is 18.6. The zero-order valence-electron chi connectivity index (χ0n) is 14.7. The van der Waals surface area contributed by atoms with Crippen molar-refractivity contribution in [1.29, 1.82) is 0 Å². The number of amides is 1. The van der Waals surface area contributed by atoms with Crippen LogP contribution in [-0.2, 0) is 11.3 Å². The first-order valence-electron chi connectivity index (χ1n) is 8.80. The van der Waals surface area contributed by atoms with E-state index in [1.165, 1.54) is 0 Å². The van der Waals surface area contributed by atoms with Gasteiger partial charge in [0.1, 0.15) is 0 Å². The van der Waals surface area contributed by atoms with Gasteiger partial charge in [0.2, 0.25) is 0 Å². The molecule has 0 radical (unpaired) electrons. The van der Waals surface area contributed by atoms with Gasteiger partial charge in [-0.05, 0) is 29.8 Å². The number of fused-ring (bicyclic) bond motifs is 1. The van der Waals surface area contributed by atoms with Crippen LogP contribution in [0.1, 0.15) is 15.9 Å². The largest absolute Gasteiger partial charge is 0.380 e. The first-order valence-corrected chi connectivity index (χ1v) is 9.18. The summed E-state index contributed by atoms with van der Waals surface area (Å²) in [6, 6.07) is 9.37. The smallest absolute Gasteiger partial charge is 0.257 e. The average molecular weight is 383 g/mol. The summed E-state index contributed by atoms with van der Waals surface area (Å²) < 4.78 is 5.36. The molecule has 0 bridgehead atoms. The molecule has 1 amide bonds. The van der Waals surface area contributed by atoms with Gasteiger partial charge in [0.25, 0.3) is 5.91 Å². The molecule has 1 aliphatic heterocycles. The Labute approximate surface area is 162 Å². The number of aromatic nitrogens is 2. The third-order valence-corrected chi connectivity index (χ3v) is 4.79. The lowest BCUT2D eigenvalue weighted by molar-refractivity contribution is 0.0303. The molecule has 1 aromatic carbocycles. The number of morpholine rings is 1. The number of ether oxygens (including phenoxy) is 1. The van der Waals surface area contributed by atoms with E-state index in [4.69, 9.17) is 16.3 Å². The van der Waals surface area contributed by atoms with Crippen molar-refractivity contribution in [3.8, 4) is 0 Å². The third kappa shape index (κ3) is 3.86. The van der Waals surface area contributed by atoms with Crippen LogP contribution >= 0.6 is 11.6 Å².